The lowest BCUT2D eigenvalue weighted by Gasteiger charge is -2.30. The normalized spacial score (nSPS) is 14.5. The summed E-state index contributed by atoms with van der Waals surface area (Å²) in [4.78, 5) is 25.0. The van der Waals surface area contributed by atoms with Crippen LogP contribution in [-0.2, 0) is 5.54 Å². The van der Waals surface area contributed by atoms with Gasteiger partial charge in [0.2, 0.25) is 0 Å². The summed E-state index contributed by atoms with van der Waals surface area (Å²) in [7, 11) is 0. The Morgan fingerprint density at radius 3 is 2.59 bits per heavy atom. The maximum atomic E-state index is 11.8. The Balaban J connectivity index is 3.24. The van der Waals surface area contributed by atoms with E-state index in [1.807, 2.05) is 13.8 Å². The maximum Gasteiger partial charge on any atom is 0.329 e. The Morgan fingerprint density at radius 2 is 2.06 bits per heavy atom. The summed E-state index contributed by atoms with van der Waals surface area (Å²) in [6.45, 7) is 6.04. The molecule has 0 aliphatic heterocycles. The largest absolute Gasteiger partial charge is 0.502 e. The first kappa shape index (κ1) is 13.5. The van der Waals surface area contributed by atoms with Gasteiger partial charge >= 0.3 is 5.69 Å². The van der Waals surface area contributed by atoms with Gasteiger partial charge in [0.25, 0.3) is 5.56 Å². The Morgan fingerprint density at radius 1 is 1.41 bits per heavy atom. The van der Waals surface area contributed by atoms with E-state index in [0.29, 0.717) is 0 Å². The van der Waals surface area contributed by atoms with Gasteiger partial charge in [-0.05, 0) is 19.8 Å². The summed E-state index contributed by atoms with van der Waals surface area (Å²) in [5.74, 6) is -0.416. The summed E-state index contributed by atoms with van der Waals surface area (Å²) < 4.78 is 1.43. The number of nitrogens with one attached hydrogen (secondary N) is 1. The van der Waals surface area contributed by atoms with Crippen molar-refractivity contribution in [2.45, 2.75) is 52.0 Å². The van der Waals surface area contributed by atoms with E-state index < -0.39 is 17.0 Å². The van der Waals surface area contributed by atoms with Gasteiger partial charge in [-0.1, -0.05) is 26.7 Å². The second kappa shape index (κ2) is 5.21. The molecule has 0 radical (unpaired) electrons. The van der Waals surface area contributed by atoms with E-state index >= 15 is 0 Å². The van der Waals surface area contributed by atoms with Crippen LogP contribution in [0.5, 0.6) is 5.75 Å². The summed E-state index contributed by atoms with van der Waals surface area (Å²) in [6.07, 6.45) is 4.88. The fourth-order valence-corrected chi connectivity index (χ4v) is 1.89. The van der Waals surface area contributed by atoms with E-state index in [4.69, 9.17) is 0 Å². The van der Waals surface area contributed by atoms with E-state index in [1.165, 1.54) is 10.8 Å². The number of rotatable bonds is 5. The van der Waals surface area contributed by atoms with Crippen molar-refractivity contribution in [1.82, 2.24) is 9.55 Å². The molecule has 0 aromatic carbocycles. The number of nitrogens with zero attached hydrogens (tertiary/aromatic N) is 1. The summed E-state index contributed by atoms with van der Waals surface area (Å²) in [5, 5.41) is 9.41. The molecule has 5 nitrogen and oxygen atoms in total. The van der Waals surface area contributed by atoms with Crippen LogP contribution in [0, 0.1) is 0 Å². The highest BCUT2D eigenvalue weighted by Gasteiger charge is 2.25. The third kappa shape index (κ3) is 2.78. The molecule has 1 aromatic rings. The summed E-state index contributed by atoms with van der Waals surface area (Å²) in [6, 6.07) is 0. The van der Waals surface area contributed by atoms with Crippen LogP contribution in [0.25, 0.3) is 0 Å². The van der Waals surface area contributed by atoms with E-state index in [1.54, 1.807) is 0 Å². The molecule has 1 aromatic heterocycles. The number of H-pyrrole nitrogens is 1. The first-order valence-corrected chi connectivity index (χ1v) is 6.00. The lowest BCUT2D eigenvalue weighted by Crippen LogP contribution is -2.41. The fraction of sp³-hybridized carbons (Fsp3) is 0.667. The molecule has 96 valence electrons. The Labute approximate surface area is 100 Å². The minimum absolute atomic E-state index is 0.366. The molecule has 0 bridgehead atoms. The van der Waals surface area contributed by atoms with Gasteiger partial charge in [0.15, 0.2) is 5.75 Å². The van der Waals surface area contributed by atoms with Crippen molar-refractivity contribution in [3.63, 3.8) is 0 Å². The lowest BCUT2D eigenvalue weighted by molar-refractivity contribution is 0.257. The zero-order valence-electron chi connectivity index (χ0n) is 10.6. The quantitative estimate of drug-likeness (QED) is 0.820. The average molecular weight is 240 g/mol. The molecule has 0 fully saturated rings. The third-order valence-electron chi connectivity index (χ3n) is 3.34. The molecule has 1 rings (SSSR count). The molecule has 0 spiro atoms. The van der Waals surface area contributed by atoms with Gasteiger partial charge in [-0.2, -0.15) is 0 Å². The van der Waals surface area contributed by atoms with Crippen LogP contribution in [0.1, 0.15) is 46.5 Å². The van der Waals surface area contributed by atoms with Crippen molar-refractivity contribution >= 4 is 0 Å². The van der Waals surface area contributed by atoms with Crippen molar-refractivity contribution < 1.29 is 5.11 Å². The number of hydrogen-bond donors (Lipinski definition) is 2. The molecule has 0 saturated carbocycles. The Kier molecular flexibility index (Phi) is 4.15. The van der Waals surface area contributed by atoms with Crippen molar-refractivity contribution in [2.75, 3.05) is 0 Å². The minimum atomic E-state index is -0.736. The van der Waals surface area contributed by atoms with Gasteiger partial charge in [0.05, 0.1) is 6.20 Å². The first-order chi connectivity index (χ1) is 7.94. The van der Waals surface area contributed by atoms with Crippen LogP contribution in [0.2, 0.25) is 0 Å². The van der Waals surface area contributed by atoms with Crippen LogP contribution in [0.4, 0.5) is 0 Å². The van der Waals surface area contributed by atoms with Crippen molar-refractivity contribution in [2.24, 2.45) is 0 Å². The van der Waals surface area contributed by atoms with E-state index in [0.717, 1.165) is 25.7 Å². The van der Waals surface area contributed by atoms with Crippen LogP contribution in [-0.4, -0.2) is 14.7 Å². The highest BCUT2D eigenvalue weighted by Crippen LogP contribution is 2.25. The molecule has 0 aliphatic rings. The maximum absolute atomic E-state index is 11.8. The molecule has 1 unspecified atom stereocenters. The average Bonchev–Trinajstić information content (AvgIpc) is 2.31. The second-order valence-corrected chi connectivity index (χ2v) is 4.60. The number of aromatic hydroxyl groups is 1. The molecular weight excluding hydrogens is 220 g/mol. The minimum Gasteiger partial charge on any atom is -0.502 e. The molecule has 2 N–H and O–H groups in total. The van der Waals surface area contributed by atoms with E-state index in [-0.39, 0.29) is 5.54 Å². The van der Waals surface area contributed by atoms with Crippen molar-refractivity contribution in [1.29, 1.82) is 0 Å². The number of aromatic amines is 1. The van der Waals surface area contributed by atoms with Crippen molar-refractivity contribution in [3.05, 3.63) is 27.0 Å². The molecule has 0 saturated heterocycles. The van der Waals surface area contributed by atoms with Gasteiger partial charge in [-0.15, -0.1) is 0 Å². The number of unbranched alkanes of at least 4 members (excludes halogenated alkanes) is 1. The molecular formula is C12H20N2O3. The zero-order valence-corrected chi connectivity index (χ0v) is 10.6. The predicted octanol–water partition coefficient (Wildman–Crippen LogP) is 1.56. The van der Waals surface area contributed by atoms with Crippen LogP contribution in [0.3, 0.4) is 0 Å². The number of aromatic nitrogens is 2. The standard InChI is InChI=1S/C12H20N2O3/c1-4-6-7-12(3,5-2)14-8-9(15)10(16)13-11(14)17/h8,15H,4-7H2,1-3H3,(H,13,16,17). The van der Waals surface area contributed by atoms with Gasteiger partial charge in [0, 0.05) is 5.54 Å². The Bertz CT molecular complexity index is 489. The molecule has 1 atom stereocenters. The Hall–Kier alpha value is -1.52. The van der Waals surface area contributed by atoms with Gasteiger partial charge in [0.1, 0.15) is 0 Å². The predicted molar refractivity (Wildman–Crippen MR) is 66.5 cm³/mol. The monoisotopic (exact) mass is 240 g/mol. The summed E-state index contributed by atoms with van der Waals surface area (Å²) >= 11 is 0. The topological polar surface area (TPSA) is 75.1 Å². The molecule has 0 amide bonds. The first-order valence-electron chi connectivity index (χ1n) is 6.00. The highest BCUT2D eigenvalue weighted by atomic mass is 16.3. The van der Waals surface area contributed by atoms with E-state index in [9.17, 15) is 14.7 Å². The molecule has 5 heteroatoms. The lowest BCUT2D eigenvalue weighted by atomic mass is 9.91. The van der Waals surface area contributed by atoms with Gasteiger partial charge in [-0.3, -0.25) is 14.3 Å². The SMILES string of the molecule is CCCCC(C)(CC)n1cc(O)c(=O)[nH]c1=O. The smallest absolute Gasteiger partial charge is 0.329 e. The second-order valence-electron chi connectivity index (χ2n) is 4.60. The van der Waals surface area contributed by atoms with E-state index in [2.05, 4.69) is 11.9 Å². The fourth-order valence-electron chi connectivity index (χ4n) is 1.89. The van der Waals surface area contributed by atoms with Crippen LogP contribution >= 0.6 is 0 Å². The molecule has 0 aliphatic carbocycles. The van der Waals surface area contributed by atoms with Crippen molar-refractivity contribution in [3.8, 4) is 5.75 Å². The highest BCUT2D eigenvalue weighted by molar-refractivity contribution is 5.10. The zero-order chi connectivity index (χ0) is 13.1. The molecule has 1 heterocycles. The van der Waals surface area contributed by atoms with Crippen LogP contribution in [0.15, 0.2) is 15.8 Å². The summed E-state index contributed by atoms with van der Waals surface area (Å²) in [5.41, 5.74) is -1.57. The third-order valence-corrected chi connectivity index (χ3v) is 3.34. The van der Waals surface area contributed by atoms with Gasteiger partial charge < -0.3 is 5.11 Å². The van der Waals surface area contributed by atoms with Crippen LogP contribution < -0.4 is 11.2 Å². The number of hydrogen-bond acceptors (Lipinski definition) is 3. The molecule has 17 heavy (non-hydrogen) atoms. The van der Waals surface area contributed by atoms with Gasteiger partial charge in [-0.25, -0.2) is 4.79 Å².